The maximum atomic E-state index is 12.5. The van der Waals surface area contributed by atoms with Gasteiger partial charge in [0.05, 0.1) is 17.9 Å². The number of nitrogens with one attached hydrogen (secondary N) is 1. The molecule has 0 spiro atoms. The molecular weight excluding hydrogens is 422 g/mol. The fourth-order valence-electron chi connectivity index (χ4n) is 3.09. The number of rotatable bonds is 9. The average Bonchev–Trinajstić information content (AvgIpc) is 3.25. The Kier molecular flexibility index (Phi) is 7.29. The minimum absolute atomic E-state index is 0.104. The van der Waals surface area contributed by atoms with Crippen LogP contribution in [-0.2, 0) is 19.5 Å². The standard InChI is InChI=1S/C22H25NO7S/c1-15(21(24)16-5-9-18(10-6-16)23-31(2,26)27)30-22(25)17-7-11-19(12-8-17)29-14-20-4-3-13-28-20/h5-12,15,20,23H,3-4,13-14H2,1-2H3/t15-,20-/m1/s1. The van der Waals surface area contributed by atoms with Crippen LogP contribution in [0.2, 0.25) is 0 Å². The molecule has 0 aliphatic carbocycles. The summed E-state index contributed by atoms with van der Waals surface area (Å²) < 4.78 is 41.3. The lowest BCUT2D eigenvalue weighted by Gasteiger charge is -2.14. The van der Waals surface area contributed by atoms with E-state index < -0.39 is 27.9 Å². The van der Waals surface area contributed by atoms with Crippen molar-refractivity contribution in [2.45, 2.75) is 32.0 Å². The smallest absolute Gasteiger partial charge is 0.338 e. The van der Waals surface area contributed by atoms with Crippen LogP contribution in [0.25, 0.3) is 0 Å². The van der Waals surface area contributed by atoms with Crippen LogP contribution in [0.1, 0.15) is 40.5 Å². The van der Waals surface area contributed by atoms with E-state index in [0.29, 0.717) is 29.2 Å². The van der Waals surface area contributed by atoms with E-state index in [0.717, 1.165) is 25.7 Å². The quantitative estimate of drug-likeness (QED) is 0.465. The largest absolute Gasteiger partial charge is 0.491 e. The molecule has 0 radical (unpaired) electrons. The second kappa shape index (κ2) is 9.93. The fourth-order valence-corrected chi connectivity index (χ4v) is 3.65. The summed E-state index contributed by atoms with van der Waals surface area (Å²) in [5, 5.41) is 0. The van der Waals surface area contributed by atoms with Gasteiger partial charge in [-0.2, -0.15) is 0 Å². The predicted molar refractivity (Wildman–Crippen MR) is 115 cm³/mol. The predicted octanol–water partition coefficient (Wildman–Crippen LogP) is 3.04. The van der Waals surface area contributed by atoms with Crippen molar-refractivity contribution in [3.63, 3.8) is 0 Å². The van der Waals surface area contributed by atoms with Gasteiger partial charge in [-0.05, 0) is 68.3 Å². The Morgan fingerprint density at radius 3 is 2.32 bits per heavy atom. The van der Waals surface area contributed by atoms with Crippen molar-refractivity contribution >= 4 is 27.5 Å². The summed E-state index contributed by atoms with van der Waals surface area (Å²) in [4.78, 5) is 24.9. The van der Waals surface area contributed by atoms with Gasteiger partial charge >= 0.3 is 5.97 Å². The molecule has 0 amide bonds. The molecule has 1 heterocycles. The van der Waals surface area contributed by atoms with Crippen LogP contribution < -0.4 is 9.46 Å². The highest BCUT2D eigenvalue weighted by Crippen LogP contribution is 2.18. The number of carbonyl (C=O) groups excluding carboxylic acids is 2. The van der Waals surface area contributed by atoms with Crippen molar-refractivity contribution < 1.29 is 32.2 Å². The SMILES string of the molecule is C[C@@H](OC(=O)c1ccc(OC[C@H]2CCCO2)cc1)C(=O)c1ccc(NS(C)(=O)=O)cc1. The minimum Gasteiger partial charge on any atom is -0.491 e. The summed E-state index contributed by atoms with van der Waals surface area (Å²) in [5.74, 6) is -0.392. The molecule has 9 heteroatoms. The monoisotopic (exact) mass is 447 g/mol. The molecule has 0 aromatic heterocycles. The first kappa shape index (κ1) is 22.8. The second-order valence-electron chi connectivity index (χ2n) is 7.33. The van der Waals surface area contributed by atoms with Gasteiger partial charge in [-0.15, -0.1) is 0 Å². The van der Waals surface area contributed by atoms with Gasteiger partial charge in [-0.1, -0.05) is 0 Å². The van der Waals surface area contributed by atoms with Gasteiger partial charge < -0.3 is 14.2 Å². The summed E-state index contributed by atoms with van der Waals surface area (Å²) in [5.41, 5.74) is 0.944. The van der Waals surface area contributed by atoms with Crippen LogP contribution >= 0.6 is 0 Å². The third-order valence-electron chi connectivity index (χ3n) is 4.68. The Morgan fingerprint density at radius 1 is 1.10 bits per heavy atom. The topological polar surface area (TPSA) is 108 Å². The molecule has 8 nitrogen and oxygen atoms in total. The second-order valence-corrected chi connectivity index (χ2v) is 9.08. The number of esters is 1. The summed E-state index contributed by atoms with van der Waals surface area (Å²) in [6.07, 6.45) is 2.16. The van der Waals surface area contributed by atoms with Crippen LogP contribution in [0.5, 0.6) is 5.75 Å². The van der Waals surface area contributed by atoms with Crippen LogP contribution in [-0.4, -0.2) is 51.8 Å². The molecule has 0 saturated carbocycles. The molecule has 31 heavy (non-hydrogen) atoms. The molecule has 0 bridgehead atoms. The third kappa shape index (κ3) is 6.80. The Hall–Kier alpha value is -2.91. The number of benzene rings is 2. The number of ether oxygens (including phenoxy) is 3. The lowest BCUT2D eigenvalue weighted by molar-refractivity contribution is 0.0318. The van der Waals surface area contributed by atoms with Crippen molar-refractivity contribution in [3.05, 3.63) is 59.7 Å². The molecule has 1 aliphatic rings. The number of anilines is 1. The van der Waals surface area contributed by atoms with E-state index in [4.69, 9.17) is 14.2 Å². The van der Waals surface area contributed by atoms with E-state index >= 15 is 0 Å². The molecule has 0 unspecified atom stereocenters. The van der Waals surface area contributed by atoms with Gasteiger partial charge in [0.1, 0.15) is 12.4 Å². The van der Waals surface area contributed by atoms with E-state index in [1.54, 1.807) is 24.3 Å². The number of hydrogen-bond donors (Lipinski definition) is 1. The van der Waals surface area contributed by atoms with E-state index in [1.165, 1.54) is 31.2 Å². The Bertz CT molecular complexity index is 1010. The van der Waals surface area contributed by atoms with Crippen molar-refractivity contribution in [2.24, 2.45) is 0 Å². The van der Waals surface area contributed by atoms with Crippen molar-refractivity contribution in [1.29, 1.82) is 0 Å². The molecule has 3 rings (SSSR count). The van der Waals surface area contributed by atoms with Crippen molar-refractivity contribution in [2.75, 3.05) is 24.2 Å². The zero-order chi connectivity index (χ0) is 22.4. The Labute approximate surface area is 181 Å². The first-order valence-corrected chi connectivity index (χ1v) is 11.8. The zero-order valence-corrected chi connectivity index (χ0v) is 18.2. The first-order chi connectivity index (χ1) is 14.7. The van der Waals surface area contributed by atoms with Gasteiger partial charge in [0.2, 0.25) is 15.8 Å². The highest BCUT2D eigenvalue weighted by Gasteiger charge is 2.21. The first-order valence-electron chi connectivity index (χ1n) is 9.89. The van der Waals surface area contributed by atoms with E-state index in [-0.39, 0.29) is 6.10 Å². The maximum Gasteiger partial charge on any atom is 0.338 e. The minimum atomic E-state index is -3.40. The van der Waals surface area contributed by atoms with Crippen LogP contribution in [0.4, 0.5) is 5.69 Å². The Morgan fingerprint density at radius 2 is 1.74 bits per heavy atom. The molecule has 1 saturated heterocycles. The summed E-state index contributed by atoms with van der Waals surface area (Å²) in [6, 6.07) is 12.4. The van der Waals surface area contributed by atoms with Gasteiger partial charge in [-0.25, -0.2) is 13.2 Å². The number of ketones is 1. The van der Waals surface area contributed by atoms with E-state index in [1.807, 2.05) is 0 Å². The number of carbonyl (C=O) groups is 2. The molecular formula is C22H25NO7S. The average molecular weight is 448 g/mol. The van der Waals surface area contributed by atoms with Crippen molar-refractivity contribution in [3.8, 4) is 5.75 Å². The molecule has 2 aromatic rings. The molecule has 2 aromatic carbocycles. The van der Waals surface area contributed by atoms with Gasteiger partial charge in [-0.3, -0.25) is 9.52 Å². The van der Waals surface area contributed by atoms with Crippen molar-refractivity contribution in [1.82, 2.24) is 0 Å². The van der Waals surface area contributed by atoms with Gasteiger partial charge in [0.15, 0.2) is 6.10 Å². The molecule has 1 aliphatic heterocycles. The van der Waals surface area contributed by atoms with E-state index in [2.05, 4.69) is 4.72 Å². The molecule has 1 N–H and O–H groups in total. The zero-order valence-electron chi connectivity index (χ0n) is 17.4. The molecule has 166 valence electrons. The van der Waals surface area contributed by atoms with Gasteiger partial charge in [0, 0.05) is 17.9 Å². The highest BCUT2D eigenvalue weighted by atomic mass is 32.2. The van der Waals surface area contributed by atoms with Crippen LogP contribution in [0, 0.1) is 0 Å². The highest BCUT2D eigenvalue weighted by molar-refractivity contribution is 7.92. The third-order valence-corrected chi connectivity index (χ3v) is 5.28. The normalized spacial score (nSPS) is 17.0. The lowest BCUT2D eigenvalue weighted by atomic mass is 10.1. The lowest BCUT2D eigenvalue weighted by Crippen LogP contribution is -2.24. The number of hydrogen-bond acceptors (Lipinski definition) is 7. The summed E-state index contributed by atoms with van der Waals surface area (Å²) >= 11 is 0. The molecule has 1 fully saturated rings. The Balaban J connectivity index is 1.53. The molecule has 2 atom stereocenters. The van der Waals surface area contributed by atoms with Crippen LogP contribution in [0.3, 0.4) is 0 Å². The van der Waals surface area contributed by atoms with Crippen LogP contribution in [0.15, 0.2) is 48.5 Å². The number of Topliss-reactive ketones (excluding diaryl/α,β-unsaturated/α-hetero) is 1. The van der Waals surface area contributed by atoms with Gasteiger partial charge in [0.25, 0.3) is 0 Å². The number of sulfonamides is 1. The fraction of sp³-hybridized carbons (Fsp3) is 0.364. The summed E-state index contributed by atoms with van der Waals surface area (Å²) in [6.45, 7) is 2.72. The van der Waals surface area contributed by atoms with E-state index in [9.17, 15) is 18.0 Å². The summed E-state index contributed by atoms with van der Waals surface area (Å²) in [7, 11) is -3.40. The maximum absolute atomic E-state index is 12.5.